The summed E-state index contributed by atoms with van der Waals surface area (Å²) in [5.74, 6) is 0. The molecule has 3 spiro atoms. The summed E-state index contributed by atoms with van der Waals surface area (Å²) in [7, 11) is 0. The van der Waals surface area contributed by atoms with E-state index in [1.807, 2.05) is 0 Å². The predicted molar refractivity (Wildman–Crippen MR) is 449 cm³/mol. The molecule has 0 fully saturated rings. The number of anilines is 6. The first-order chi connectivity index (χ1) is 54.1. The molecule has 18 aromatic rings. The van der Waals surface area contributed by atoms with E-state index in [1.54, 1.807) is 0 Å². The molecule has 0 bridgehead atoms. The van der Waals surface area contributed by atoms with Gasteiger partial charge in [0.2, 0.25) is 0 Å². The lowest BCUT2D eigenvalue weighted by Crippen LogP contribution is -2.61. The van der Waals surface area contributed by atoms with Gasteiger partial charge in [-0.25, -0.2) is 0 Å². The lowest BCUT2D eigenvalue weighted by atomic mass is 9.33. The third kappa shape index (κ3) is 6.92. The van der Waals surface area contributed by atoms with Gasteiger partial charge in [0.15, 0.2) is 0 Å². The molecule has 500 valence electrons. The zero-order valence-corrected chi connectivity index (χ0v) is 59.2. The topological polar surface area (TPSA) is 11.4 Å². The highest BCUT2D eigenvalue weighted by Gasteiger charge is 2.59. The minimum Gasteiger partial charge on any atom is -0.311 e. The van der Waals surface area contributed by atoms with Crippen LogP contribution < -0.4 is 26.2 Å². The van der Waals surface area contributed by atoms with Crippen LogP contribution in [0.5, 0.6) is 0 Å². The Hall–Kier alpha value is -13.8. The number of nitrogens with zero attached hydrogens (tertiary/aromatic N) is 3. The molecule has 0 saturated heterocycles. The molecule has 2 aliphatic heterocycles. The van der Waals surface area contributed by atoms with E-state index < -0.39 is 16.2 Å². The average Bonchev–Trinajstić information content (AvgIpc) is 1.63. The quantitative estimate of drug-likeness (QED) is 0.163. The van der Waals surface area contributed by atoms with Crippen molar-refractivity contribution in [2.45, 2.75) is 16.2 Å². The first-order valence-electron chi connectivity index (χ1n) is 38.4. The Morgan fingerprint density at radius 1 is 0.202 bits per heavy atom. The third-order valence-corrected chi connectivity index (χ3v) is 26.6. The fraction of sp³-hybridized carbons (Fsp3) is 0.0286. The van der Waals surface area contributed by atoms with Gasteiger partial charge in [-0.05, 0) is 198 Å². The lowest BCUT2D eigenvalue weighted by Gasteiger charge is -2.47. The monoisotopic (exact) mass is 1380 g/mol. The van der Waals surface area contributed by atoms with Gasteiger partial charge in [-0.2, -0.15) is 0 Å². The molecular formula is C105H62BN3. The third-order valence-electron chi connectivity index (χ3n) is 26.6. The van der Waals surface area contributed by atoms with Gasteiger partial charge in [0, 0.05) is 44.6 Å². The molecule has 4 heteroatoms. The Balaban J connectivity index is 0.863. The normalized spacial score (nSPS) is 15.0. The minimum atomic E-state index is -0.709. The first-order valence-corrected chi connectivity index (χ1v) is 38.4. The van der Waals surface area contributed by atoms with E-state index >= 15 is 0 Å². The summed E-state index contributed by atoms with van der Waals surface area (Å²) in [6.07, 6.45) is 0. The predicted octanol–water partition coefficient (Wildman–Crippen LogP) is 23.6. The van der Waals surface area contributed by atoms with Crippen molar-refractivity contribution in [2.75, 3.05) is 9.80 Å². The molecule has 26 rings (SSSR count). The second-order valence-electron chi connectivity index (χ2n) is 31.0. The molecule has 6 aliphatic carbocycles. The molecule has 0 saturated carbocycles. The molecule has 3 nitrogen and oxygen atoms in total. The molecule has 0 unspecified atom stereocenters. The van der Waals surface area contributed by atoms with E-state index in [0.717, 1.165) is 45.2 Å². The summed E-state index contributed by atoms with van der Waals surface area (Å²) in [6.45, 7) is -0.290. The Kier molecular flexibility index (Phi) is 11.2. The highest BCUT2D eigenvalue weighted by atomic mass is 15.2. The fourth-order valence-corrected chi connectivity index (χ4v) is 22.9. The fourth-order valence-electron chi connectivity index (χ4n) is 22.9. The number of aromatic nitrogens is 1. The Bertz CT molecular complexity index is 6950. The van der Waals surface area contributed by atoms with Crippen LogP contribution in [0.2, 0.25) is 0 Å². The van der Waals surface area contributed by atoms with Crippen molar-refractivity contribution in [1.82, 2.24) is 4.57 Å². The van der Waals surface area contributed by atoms with Crippen LogP contribution in [-0.2, 0) is 16.2 Å². The van der Waals surface area contributed by atoms with Crippen molar-refractivity contribution >= 4 is 79.0 Å². The highest BCUT2D eigenvalue weighted by molar-refractivity contribution is 7.00. The summed E-state index contributed by atoms with van der Waals surface area (Å²) >= 11 is 0. The van der Waals surface area contributed by atoms with Gasteiger partial charge in [0.25, 0.3) is 6.71 Å². The van der Waals surface area contributed by atoms with Crippen LogP contribution in [0.4, 0.5) is 34.1 Å². The molecular weight excluding hydrogens is 1310 g/mol. The molecule has 0 radical (unpaired) electrons. The SMILES string of the molecule is c1ccc(-c2ccc3c(c2)B2c4cc5c(cc4N(c4cccc6c4C4(c7ccccc7-c7ccccc74)c4ccccc4-6)c4cc(-n6c7ccccc7c7ccccc76)cc(c42)N3c2cccc3c2C2(c4ccccc4-c4ccccc42)c2ccccc2-3)C2(c3ccccc3-c3ccccc32)c2ccccc2-5)cc1. The zero-order chi connectivity index (χ0) is 70.7. The maximum Gasteiger partial charge on any atom is 0.252 e. The van der Waals surface area contributed by atoms with Crippen molar-refractivity contribution in [3.05, 3.63) is 443 Å². The number of fused-ring (bicyclic) bond motifs is 37. The van der Waals surface area contributed by atoms with Crippen LogP contribution in [0.25, 0.3) is 105 Å². The highest BCUT2D eigenvalue weighted by Crippen LogP contribution is 2.70. The Morgan fingerprint density at radius 3 is 0.972 bits per heavy atom. The zero-order valence-electron chi connectivity index (χ0n) is 59.2. The van der Waals surface area contributed by atoms with Gasteiger partial charge in [-0.1, -0.05) is 328 Å². The molecule has 0 N–H and O–H groups in total. The van der Waals surface area contributed by atoms with E-state index in [2.05, 4.69) is 390 Å². The minimum absolute atomic E-state index is 0.290. The number of hydrogen-bond donors (Lipinski definition) is 0. The second kappa shape index (κ2) is 20.8. The average molecular weight is 1380 g/mol. The maximum atomic E-state index is 2.82. The van der Waals surface area contributed by atoms with Crippen LogP contribution >= 0.6 is 0 Å². The molecule has 0 atom stereocenters. The van der Waals surface area contributed by atoms with Crippen molar-refractivity contribution in [3.63, 3.8) is 0 Å². The molecule has 3 heterocycles. The number of para-hydroxylation sites is 2. The van der Waals surface area contributed by atoms with E-state index in [-0.39, 0.29) is 6.71 Å². The van der Waals surface area contributed by atoms with Gasteiger partial charge in [-0.3, -0.25) is 0 Å². The molecule has 0 amide bonds. The van der Waals surface area contributed by atoms with Crippen LogP contribution in [-0.4, -0.2) is 11.3 Å². The summed E-state index contributed by atoms with van der Waals surface area (Å²) in [6, 6.07) is 146. The van der Waals surface area contributed by atoms with Crippen LogP contribution in [0.15, 0.2) is 376 Å². The summed E-state index contributed by atoms with van der Waals surface area (Å²) < 4.78 is 2.59. The number of benzene rings is 17. The molecule has 109 heavy (non-hydrogen) atoms. The maximum absolute atomic E-state index is 2.82. The summed E-state index contributed by atoms with van der Waals surface area (Å²) in [5, 5.41) is 2.44. The standard InChI is InChI=1S/C105H62BN3/c1-2-28-63(29-3-1)64-56-57-94-90(58-64)106-91-61-79-74-38-12-17-45-82(74)103(80-43-15-4-30-66(80)67-31-5-16-44-81(67)103)89(79)62-97(91)109(96-55-27-42-78-73-37-11-23-51-88(73)105(101(78)96)85-48-20-8-34-70(85)71-35-9-21-49-86(71)105)99-60-65(107-92-52-24-13-39-75(92)76-40-14-25-53-93(76)107)59-98(102(99)106)108(94)95-54-26-41-77-72-36-10-22-50-87(72)104(100(77)95)83-46-18-6-32-68(83)69-33-7-19-47-84(69)104/h1-62H. The number of rotatable bonds is 4. The van der Waals surface area contributed by atoms with E-state index in [9.17, 15) is 0 Å². The molecule has 8 aliphatic rings. The van der Waals surface area contributed by atoms with Crippen LogP contribution in [0.3, 0.4) is 0 Å². The summed E-state index contributed by atoms with van der Waals surface area (Å²) in [5.41, 5.74) is 45.5. The lowest BCUT2D eigenvalue weighted by molar-refractivity contribution is 0.790. The number of hydrogen-bond acceptors (Lipinski definition) is 2. The van der Waals surface area contributed by atoms with Gasteiger partial charge in [0.05, 0.1) is 44.3 Å². The molecule has 17 aromatic carbocycles. The molecule has 1 aromatic heterocycles. The van der Waals surface area contributed by atoms with E-state index in [4.69, 9.17) is 0 Å². The second-order valence-corrected chi connectivity index (χ2v) is 31.0. The smallest absolute Gasteiger partial charge is 0.252 e. The van der Waals surface area contributed by atoms with Crippen molar-refractivity contribution < 1.29 is 0 Å². The van der Waals surface area contributed by atoms with Crippen LogP contribution in [0.1, 0.15) is 66.8 Å². The largest absolute Gasteiger partial charge is 0.311 e. The van der Waals surface area contributed by atoms with Crippen molar-refractivity contribution in [3.8, 4) is 83.6 Å². The van der Waals surface area contributed by atoms with Gasteiger partial charge >= 0.3 is 0 Å². The Morgan fingerprint density at radius 2 is 0.541 bits per heavy atom. The van der Waals surface area contributed by atoms with Gasteiger partial charge in [0.1, 0.15) is 0 Å². The van der Waals surface area contributed by atoms with E-state index in [0.29, 0.717) is 0 Å². The first kappa shape index (κ1) is 58.5. The van der Waals surface area contributed by atoms with Crippen molar-refractivity contribution in [1.29, 1.82) is 0 Å². The van der Waals surface area contributed by atoms with Crippen LogP contribution in [0, 0.1) is 0 Å². The summed E-state index contributed by atoms with van der Waals surface area (Å²) in [4.78, 5) is 5.58. The van der Waals surface area contributed by atoms with Crippen molar-refractivity contribution in [2.24, 2.45) is 0 Å². The van der Waals surface area contributed by atoms with Gasteiger partial charge < -0.3 is 14.4 Å². The van der Waals surface area contributed by atoms with Gasteiger partial charge in [-0.15, -0.1) is 0 Å². The van der Waals surface area contributed by atoms with E-state index in [1.165, 1.54) is 177 Å². The Labute approximate surface area is 631 Å².